The van der Waals surface area contributed by atoms with E-state index >= 15 is 0 Å². The lowest BCUT2D eigenvalue weighted by atomic mass is 9.91. The van der Waals surface area contributed by atoms with E-state index in [1.807, 2.05) is 18.5 Å². The molecule has 68 valence electrons. The highest BCUT2D eigenvalue weighted by Crippen LogP contribution is 2.26. The molecule has 0 fully saturated rings. The molecule has 3 heteroatoms. The number of aromatic nitrogens is 2. The van der Waals surface area contributed by atoms with Gasteiger partial charge in [-0.15, -0.1) is 0 Å². The minimum absolute atomic E-state index is 0.115. The summed E-state index contributed by atoms with van der Waals surface area (Å²) in [5.74, 6) is 0.595. The van der Waals surface area contributed by atoms with Crippen LogP contribution in [0.1, 0.15) is 32.2 Å². The van der Waals surface area contributed by atoms with E-state index in [1.54, 1.807) is 0 Å². The first kappa shape index (κ1) is 9.10. The van der Waals surface area contributed by atoms with Crippen molar-refractivity contribution < 1.29 is 0 Å². The predicted octanol–water partition coefficient (Wildman–Crippen LogP) is 1.61. The number of nitrogen functional groups attached to an aromatic ring is 1. The van der Waals surface area contributed by atoms with E-state index in [1.165, 1.54) is 5.69 Å². The predicted molar refractivity (Wildman–Crippen MR) is 51.1 cm³/mol. The Bertz CT molecular complexity index is 291. The van der Waals surface area contributed by atoms with E-state index in [4.69, 9.17) is 5.73 Å². The summed E-state index contributed by atoms with van der Waals surface area (Å²) in [6, 6.07) is 0. The molecule has 0 aliphatic rings. The van der Waals surface area contributed by atoms with Gasteiger partial charge in [0.05, 0.1) is 5.69 Å². The topological polar surface area (TPSA) is 43.8 Å². The van der Waals surface area contributed by atoms with Crippen molar-refractivity contribution in [2.75, 3.05) is 5.73 Å². The molecule has 0 aromatic carbocycles. The summed E-state index contributed by atoms with van der Waals surface area (Å²) < 4.78 is 1.95. The van der Waals surface area contributed by atoms with Crippen LogP contribution in [0.5, 0.6) is 0 Å². The van der Waals surface area contributed by atoms with Crippen LogP contribution in [-0.2, 0) is 12.5 Å². The van der Waals surface area contributed by atoms with Crippen LogP contribution in [0.25, 0.3) is 0 Å². The Morgan fingerprint density at radius 3 is 2.00 bits per heavy atom. The molecule has 0 atom stereocenters. The quantitative estimate of drug-likeness (QED) is 0.638. The van der Waals surface area contributed by atoms with Gasteiger partial charge in [-0.05, 0) is 6.92 Å². The molecule has 0 saturated carbocycles. The number of anilines is 1. The average Bonchev–Trinajstić information content (AvgIpc) is 2.05. The molecule has 1 heterocycles. The monoisotopic (exact) mass is 167 g/mol. The maximum absolute atomic E-state index is 5.69. The van der Waals surface area contributed by atoms with E-state index in [9.17, 15) is 0 Å². The molecule has 0 spiro atoms. The summed E-state index contributed by atoms with van der Waals surface area (Å²) in [6.45, 7) is 8.49. The first-order chi connectivity index (χ1) is 5.34. The van der Waals surface area contributed by atoms with Crippen molar-refractivity contribution in [2.24, 2.45) is 7.05 Å². The molecule has 0 aliphatic heterocycles. The van der Waals surface area contributed by atoms with Gasteiger partial charge in [0.25, 0.3) is 0 Å². The fourth-order valence-electron chi connectivity index (χ4n) is 1.70. The van der Waals surface area contributed by atoms with Crippen LogP contribution >= 0.6 is 0 Å². The summed E-state index contributed by atoms with van der Waals surface area (Å²) in [7, 11) is 1.95. The molecule has 0 radical (unpaired) electrons. The Labute approximate surface area is 73.6 Å². The summed E-state index contributed by atoms with van der Waals surface area (Å²) in [5.41, 5.74) is 8.04. The zero-order chi connectivity index (χ0) is 9.52. The van der Waals surface area contributed by atoms with Crippen molar-refractivity contribution in [3.8, 4) is 0 Å². The molecular formula is C9H17N3. The summed E-state index contributed by atoms with van der Waals surface area (Å²) >= 11 is 0. The Balaban J connectivity index is 3.32. The van der Waals surface area contributed by atoms with Crippen molar-refractivity contribution >= 4 is 5.95 Å². The highest BCUT2D eigenvalue weighted by molar-refractivity contribution is 5.32. The number of aryl methyl sites for hydroxylation is 1. The van der Waals surface area contributed by atoms with Crippen molar-refractivity contribution in [3.05, 3.63) is 11.4 Å². The molecule has 0 saturated heterocycles. The van der Waals surface area contributed by atoms with Gasteiger partial charge in [-0.2, -0.15) is 0 Å². The molecule has 0 bridgehead atoms. The first-order valence-corrected chi connectivity index (χ1v) is 4.13. The third-order valence-corrected chi connectivity index (χ3v) is 2.01. The number of hydrogen-bond donors (Lipinski definition) is 1. The van der Waals surface area contributed by atoms with Gasteiger partial charge in [-0.25, -0.2) is 4.98 Å². The fourth-order valence-corrected chi connectivity index (χ4v) is 1.70. The van der Waals surface area contributed by atoms with Crippen LogP contribution in [0.4, 0.5) is 5.95 Å². The number of imidazole rings is 1. The van der Waals surface area contributed by atoms with E-state index in [2.05, 4.69) is 25.8 Å². The molecule has 0 aliphatic carbocycles. The highest BCUT2D eigenvalue weighted by Gasteiger charge is 2.22. The summed E-state index contributed by atoms with van der Waals surface area (Å²) in [6.07, 6.45) is 0. The van der Waals surface area contributed by atoms with Crippen molar-refractivity contribution in [1.82, 2.24) is 9.55 Å². The number of hydrogen-bond acceptors (Lipinski definition) is 2. The van der Waals surface area contributed by atoms with E-state index in [0.717, 1.165) is 5.69 Å². The smallest absolute Gasteiger partial charge is 0.200 e. The van der Waals surface area contributed by atoms with E-state index < -0.39 is 0 Å². The SMILES string of the molecule is Cc1nc(N)n(C)c1C(C)(C)C. The van der Waals surface area contributed by atoms with Gasteiger partial charge in [0, 0.05) is 18.2 Å². The third-order valence-electron chi connectivity index (χ3n) is 2.01. The van der Waals surface area contributed by atoms with Gasteiger partial charge in [-0.3, -0.25) is 0 Å². The number of nitrogens with zero attached hydrogens (tertiary/aromatic N) is 2. The second-order valence-corrected chi connectivity index (χ2v) is 4.21. The van der Waals surface area contributed by atoms with Crippen molar-refractivity contribution in [2.45, 2.75) is 33.1 Å². The third kappa shape index (κ3) is 1.31. The second kappa shape index (κ2) is 2.51. The van der Waals surface area contributed by atoms with Gasteiger partial charge in [0.2, 0.25) is 0 Å². The zero-order valence-electron chi connectivity index (χ0n) is 8.47. The minimum Gasteiger partial charge on any atom is -0.369 e. The highest BCUT2D eigenvalue weighted by atomic mass is 15.1. The van der Waals surface area contributed by atoms with Crippen LogP contribution in [-0.4, -0.2) is 9.55 Å². The molecule has 3 nitrogen and oxygen atoms in total. The molecule has 2 N–H and O–H groups in total. The lowest BCUT2D eigenvalue weighted by Gasteiger charge is -2.20. The lowest BCUT2D eigenvalue weighted by Crippen LogP contribution is -2.17. The van der Waals surface area contributed by atoms with Crippen LogP contribution in [0.2, 0.25) is 0 Å². The van der Waals surface area contributed by atoms with E-state index in [-0.39, 0.29) is 5.41 Å². The van der Waals surface area contributed by atoms with Crippen LogP contribution in [0, 0.1) is 6.92 Å². The zero-order valence-corrected chi connectivity index (χ0v) is 8.47. The Kier molecular flexibility index (Phi) is 1.90. The lowest BCUT2D eigenvalue weighted by molar-refractivity contribution is 0.540. The van der Waals surface area contributed by atoms with Gasteiger partial charge in [0.1, 0.15) is 0 Å². The minimum atomic E-state index is 0.115. The molecule has 12 heavy (non-hydrogen) atoms. The molecule has 1 aromatic rings. The van der Waals surface area contributed by atoms with E-state index in [0.29, 0.717) is 5.95 Å². The first-order valence-electron chi connectivity index (χ1n) is 4.13. The van der Waals surface area contributed by atoms with Gasteiger partial charge in [-0.1, -0.05) is 20.8 Å². The molecule has 1 rings (SSSR count). The normalized spacial score (nSPS) is 12.1. The summed E-state index contributed by atoms with van der Waals surface area (Å²) in [5, 5.41) is 0. The standard InChI is InChI=1S/C9H17N3/c1-6-7(9(2,3)4)12(5)8(10)11-6/h1-5H3,(H2,10,11). The Morgan fingerprint density at radius 2 is 1.83 bits per heavy atom. The van der Waals surface area contributed by atoms with Gasteiger partial charge >= 0.3 is 0 Å². The molecule has 1 aromatic heterocycles. The van der Waals surface area contributed by atoms with Gasteiger partial charge in [0.15, 0.2) is 5.95 Å². The average molecular weight is 167 g/mol. The molecule has 0 amide bonds. The molecular weight excluding hydrogens is 150 g/mol. The van der Waals surface area contributed by atoms with Crippen LogP contribution < -0.4 is 5.73 Å². The maximum Gasteiger partial charge on any atom is 0.200 e. The van der Waals surface area contributed by atoms with Crippen molar-refractivity contribution in [1.29, 1.82) is 0 Å². The van der Waals surface area contributed by atoms with Crippen molar-refractivity contribution in [3.63, 3.8) is 0 Å². The number of rotatable bonds is 0. The largest absolute Gasteiger partial charge is 0.369 e. The second-order valence-electron chi connectivity index (χ2n) is 4.21. The maximum atomic E-state index is 5.69. The Morgan fingerprint density at radius 1 is 1.33 bits per heavy atom. The van der Waals surface area contributed by atoms with Crippen LogP contribution in [0.3, 0.4) is 0 Å². The summed E-state index contributed by atoms with van der Waals surface area (Å²) in [4.78, 5) is 4.22. The number of nitrogens with two attached hydrogens (primary N) is 1. The van der Waals surface area contributed by atoms with Gasteiger partial charge < -0.3 is 10.3 Å². The Hall–Kier alpha value is -0.990. The van der Waals surface area contributed by atoms with Crippen LogP contribution in [0.15, 0.2) is 0 Å². The fraction of sp³-hybridized carbons (Fsp3) is 0.667. The molecule has 0 unspecified atom stereocenters.